The predicted octanol–water partition coefficient (Wildman–Crippen LogP) is 3.01. The maximum absolute atomic E-state index is 13.0. The number of fused-ring (bicyclic) bond motifs is 2. The number of rotatable bonds is 5. The number of nitrogens with zero attached hydrogens (tertiary/aromatic N) is 2. The highest BCUT2D eigenvalue weighted by molar-refractivity contribution is 6.07. The molecular formula is C23H27N3O4. The average Bonchev–Trinajstić information content (AvgIpc) is 3.27. The molecule has 0 unspecified atom stereocenters. The normalized spacial score (nSPS) is 21.6. The first-order valence-corrected chi connectivity index (χ1v) is 10.3. The van der Waals surface area contributed by atoms with Gasteiger partial charge in [0.05, 0.1) is 11.5 Å². The molecule has 1 spiro atoms. The van der Waals surface area contributed by atoms with Crippen LogP contribution >= 0.6 is 0 Å². The van der Waals surface area contributed by atoms with E-state index in [1.807, 2.05) is 47.4 Å². The lowest BCUT2D eigenvalue weighted by atomic mass is 9.73. The molecule has 7 nitrogen and oxygen atoms in total. The third kappa shape index (κ3) is 3.92. The van der Waals surface area contributed by atoms with Crippen LogP contribution in [0, 0.1) is 0 Å². The number of pyridine rings is 1. The predicted molar refractivity (Wildman–Crippen MR) is 113 cm³/mol. The molecule has 0 aliphatic carbocycles. The first-order valence-electron chi connectivity index (χ1n) is 10.3. The topological polar surface area (TPSA) is 99.6 Å². The fraction of sp³-hybridized carbons (Fsp3) is 0.391. The van der Waals surface area contributed by atoms with Crippen LogP contribution in [0.2, 0.25) is 0 Å². The van der Waals surface area contributed by atoms with Gasteiger partial charge in [0.25, 0.3) is 6.47 Å². The Bertz CT molecular complexity index is 902. The van der Waals surface area contributed by atoms with Crippen LogP contribution in [0.3, 0.4) is 0 Å². The van der Waals surface area contributed by atoms with Crippen molar-refractivity contribution in [2.24, 2.45) is 0 Å². The number of carbonyl (C=O) groups is 3. The number of carboxylic acid groups (broad SMARTS) is 1. The maximum atomic E-state index is 13.0. The second-order valence-electron chi connectivity index (χ2n) is 7.54. The van der Waals surface area contributed by atoms with Crippen molar-refractivity contribution in [1.82, 2.24) is 9.88 Å². The summed E-state index contributed by atoms with van der Waals surface area (Å²) < 4.78 is 0. The summed E-state index contributed by atoms with van der Waals surface area (Å²) in [7, 11) is 0. The number of benzene rings is 1. The fourth-order valence-electron chi connectivity index (χ4n) is 4.70. The molecule has 2 amide bonds. The van der Waals surface area contributed by atoms with Gasteiger partial charge in [0, 0.05) is 30.5 Å². The highest BCUT2D eigenvalue weighted by atomic mass is 16.3. The van der Waals surface area contributed by atoms with Gasteiger partial charge in [-0.1, -0.05) is 37.6 Å². The van der Waals surface area contributed by atoms with E-state index >= 15 is 0 Å². The number of hydrogen-bond donors (Lipinski definition) is 2. The Morgan fingerprint density at radius 3 is 2.73 bits per heavy atom. The maximum Gasteiger partial charge on any atom is 0.290 e. The molecule has 1 saturated heterocycles. The molecule has 2 atom stereocenters. The van der Waals surface area contributed by atoms with E-state index in [9.17, 15) is 9.59 Å². The first kappa shape index (κ1) is 21.5. The standard InChI is InChI=1S/C22H25N3O2.CH2O2/c1-2-7-19-22(17-9-3-4-10-18(17)24-21(22)27)13-15-25(19)20(26)12-11-16-8-5-6-14-23-16;2-1-3/h3-6,8-10,14,19H,2,7,11-13,15H2,1H3,(H,24,27);1H,(H,2,3)/t19-,22+;/m0./s1. The second-order valence-corrected chi connectivity index (χ2v) is 7.54. The van der Waals surface area contributed by atoms with Gasteiger partial charge in [-0.2, -0.15) is 0 Å². The number of carbonyl (C=O) groups excluding carboxylic acids is 2. The minimum absolute atomic E-state index is 0.0437. The molecule has 0 bridgehead atoms. The SMILES string of the molecule is CCC[C@@H]1N(C(=O)CCc2ccccn2)CC[C@]12C(=O)Nc1ccccc12.O=CO. The lowest BCUT2D eigenvalue weighted by Gasteiger charge is -2.34. The highest BCUT2D eigenvalue weighted by Crippen LogP contribution is 2.49. The van der Waals surface area contributed by atoms with Crippen LogP contribution in [0.5, 0.6) is 0 Å². The molecule has 2 N–H and O–H groups in total. The summed E-state index contributed by atoms with van der Waals surface area (Å²) in [6.07, 6.45) is 5.27. The van der Waals surface area contributed by atoms with Gasteiger partial charge < -0.3 is 15.3 Å². The van der Waals surface area contributed by atoms with Gasteiger partial charge in [-0.3, -0.25) is 19.4 Å². The molecule has 4 rings (SSSR count). The lowest BCUT2D eigenvalue weighted by molar-refractivity contribution is -0.133. The van der Waals surface area contributed by atoms with E-state index in [0.29, 0.717) is 25.8 Å². The Balaban J connectivity index is 0.000000806. The van der Waals surface area contributed by atoms with Gasteiger partial charge in [-0.05, 0) is 43.0 Å². The molecule has 1 aromatic heterocycles. The number of aryl methyl sites for hydroxylation is 1. The number of likely N-dealkylation sites (tertiary alicyclic amines) is 1. The Labute approximate surface area is 176 Å². The van der Waals surface area contributed by atoms with Crippen LogP contribution < -0.4 is 5.32 Å². The van der Waals surface area contributed by atoms with Crippen molar-refractivity contribution >= 4 is 24.0 Å². The zero-order chi connectivity index (χ0) is 21.6. The van der Waals surface area contributed by atoms with E-state index in [0.717, 1.165) is 29.8 Å². The number of para-hydroxylation sites is 1. The summed E-state index contributed by atoms with van der Waals surface area (Å²) in [4.78, 5) is 40.7. The summed E-state index contributed by atoms with van der Waals surface area (Å²) in [5.74, 6) is 0.162. The van der Waals surface area contributed by atoms with Crippen LogP contribution in [0.1, 0.15) is 43.9 Å². The van der Waals surface area contributed by atoms with Crippen LogP contribution in [0.4, 0.5) is 5.69 Å². The quantitative estimate of drug-likeness (QED) is 0.740. The van der Waals surface area contributed by atoms with Crippen molar-refractivity contribution in [3.63, 3.8) is 0 Å². The minimum Gasteiger partial charge on any atom is -0.483 e. The van der Waals surface area contributed by atoms with E-state index in [1.165, 1.54) is 0 Å². The van der Waals surface area contributed by atoms with E-state index < -0.39 is 5.41 Å². The number of nitrogens with one attached hydrogen (secondary N) is 1. The second kappa shape index (κ2) is 9.52. The van der Waals surface area contributed by atoms with Crippen LogP contribution in [-0.4, -0.2) is 45.9 Å². The summed E-state index contributed by atoms with van der Waals surface area (Å²) in [5.41, 5.74) is 2.27. The molecule has 2 aromatic rings. The summed E-state index contributed by atoms with van der Waals surface area (Å²) >= 11 is 0. The summed E-state index contributed by atoms with van der Waals surface area (Å²) in [6.45, 7) is 2.49. The van der Waals surface area contributed by atoms with Crippen molar-refractivity contribution in [3.05, 3.63) is 59.9 Å². The van der Waals surface area contributed by atoms with E-state index in [-0.39, 0.29) is 24.3 Å². The molecule has 2 aliphatic heterocycles. The van der Waals surface area contributed by atoms with Gasteiger partial charge >= 0.3 is 0 Å². The largest absolute Gasteiger partial charge is 0.483 e. The number of amides is 2. The Morgan fingerprint density at radius 2 is 2.03 bits per heavy atom. The zero-order valence-electron chi connectivity index (χ0n) is 17.1. The fourth-order valence-corrected chi connectivity index (χ4v) is 4.70. The van der Waals surface area contributed by atoms with Crippen molar-refractivity contribution in [1.29, 1.82) is 0 Å². The molecule has 0 saturated carbocycles. The average molecular weight is 409 g/mol. The molecule has 158 valence electrons. The first-order chi connectivity index (χ1) is 14.6. The Morgan fingerprint density at radius 1 is 1.30 bits per heavy atom. The number of anilines is 1. The molecule has 0 radical (unpaired) electrons. The lowest BCUT2D eigenvalue weighted by Crippen LogP contribution is -2.48. The van der Waals surface area contributed by atoms with Gasteiger partial charge in [0.1, 0.15) is 0 Å². The van der Waals surface area contributed by atoms with Crippen molar-refractivity contribution < 1.29 is 19.5 Å². The number of hydrogen-bond acceptors (Lipinski definition) is 4. The molecule has 3 heterocycles. The molecule has 30 heavy (non-hydrogen) atoms. The van der Waals surface area contributed by atoms with E-state index in [2.05, 4.69) is 17.2 Å². The van der Waals surface area contributed by atoms with Gasteiger partial charge in [-0.25, -0.2) is 0 Å². The number of aromatic nitrogens is 1. The van der Waals surface area contributed by atoms with Gasteiger partial charge in [0.2, 0.25) is 11.8 Å². The van der Waals surface area contributed by atoms with Crippen LogP contribution in [-0.2, 0) is 26.2 Å². The smallest absolute Gasteiger partial charge is 0.290 e. The van der Waals surface area contributed by atoms with Gasteiger partial charge in [0.15, 0.2) is 0 Å². The Kier molecular flexibility index (Phi) is 6.82. The molecular weight excluding hydrogens is 382 g/mol. The molecule has 2 aliphatic rings. The third-order valence-corrected chi connectivity index (χ3v) is 5.96. The Hall–Kier alpha value is -3.22. The van der Waals surface area contributed by atoms with Crippen molar-refractivity contribution in [3.8, 4) is 0 Å². The van der Waals surface area contributed by atoms with E-state index in [4.69, 9.17) is 9.90 Å². The monoisotopic (exact) mass is 409 g/mol. The third-order valence-electron chi connectivity index (χ3n) is 5.96. The minimum atomic E-state index is -0.604. The van der Waals surface area contributed by atoms with Crippen molar-refractivity contribution in [2.75, 3.05) is 11.9 Å². The van der Waals surface area contributed by atoms with Crippen LogP contribution in [0.25, 0.3) is 0 Å². The van der Waals surface area contributed by atoms with Crippen molar-refractivity contribution in [2.45, 2.75) is 50.5 Å². The summed E-state index contributed by atoms with van der Waals surface area (Å²) in [5, 5.41) is 9.94. The van der Waals surface area contributed by atoms with Gasteiger partial charge in [-0.15, -0.1) is 0 Å². The zero-order valence-corrected chi connectivity index (χ0v) is 17.1. The molecule has 1 fully saturated rings. The molecule has 7 heteroatoms. The summed E-state index contributed by atoms with van der Waals surface area (Å²) in [6, 6.07) is 13.6. The highest BCUT2D eigenvalue weighted by Gasteiger charge is 2.58. The van der Waals surface area contributed by atoms with Crippen LogP contribution in [0.15, 0.2) is 48.7 Å². The molecule has 1 aromatic carbocycles. The van der Waals surface area contributed by atoms with E-state index in [1.54, 1.807) is 6.20 Å².